The molecule has 1 aliphatic rings. The molecule has 3 aromatic rings. The van der Waals surface area contributed by atoms with Gasteiger partial charge in [0.2, 0.25) is 5.95 Å². The lowest BCUT2D eigenvalue weighted by atomic mass is 10.1. The van der Waals surface area contributed by atoms with E-state index in [-0.39, 0.29) is 28.5 Å². The van der Waals surface area contributed by atoms with Crippen molar-refractivity contribution >= 4 is 39.1 Å². The number of para-hydroxylation sites is 1. The van der Waals surface area contributed by atoms with E-state index in [0.29, 0.717) is 0 Å². The van der Waals surface area contributed by atoms with Crippen molar-refractivity contribution in [1.29, 1.82) is 0 Å². The quantitative estimate of drug-likeness (QED) is 0.152. The van der Waals surface area contributed by atoms with Gasteiger partial charge in [0.05, 0.1) is 12.2 Å². The highest BCUT2D eigenvalue weighted by molar-refractivity contribution is 7.85. The molecule has 0 spiro atoms. The van der Waals surface area contributed by atoms with Crippen molar-refractivity contribution in [1.82, 2.24) is 24.2 Å². The molecule has 18 heteroatoms. The number of benzene rings is 1. The summed E-state index contributed by atoms with van der Waals surface area (Å²) in [6, 6.07) is 5.23. The predicted molar refractivity (Wildman–Crippen MR) is 115 cm³/mol. The van der Waals surface area contributed by atoms with Crippen LogP contribution in [0.4, 0.5) is 11.8 Å². The summed E-state index contributed by atoms with van der Waals surface area (Å²) in [5.41, 5.74) is 14.3. The number of nitrogens with zero attached hydrogens (tertiary/aromatic N) is 7. The Balaban J connectivity index is 1.52. The number of hydrogen-bond donors (Lipinski definition) is 5. The molecule has 2 aromatic heterocycles. The number of phenolic OH excluding ortho intramolecular Hbond substituents is 1. The molecule has 1 aliphatic heterocycles. The Morgan fingerprint density at radius 3 is 2.77 bits per heavy atom. The number of nitrogens with two attached hydrogens (primary N) is 1. The Kier molecular flexibility index (Phi) is 6.39. The molecular formula is C17H17N9O8S. The number of hydrogen-bond acceptors (Lipinski definition) is 13. The number of carbonyl (C=O) groups is 1. The van der Waals surface area contributed by atoms with Crippen LogP contribution in [-0.4, -0.2) is 74.1 Å². The number of aliphatic hydroxyl groups is 2. The Hall–Kier alpha value is -4.06. The van der Waals surface area contributed by atoms with Crippen molar-refractivity contribution < 1.29 is 37.5 Å². The molecule has 0 saturated carbocycles. The van der Waals surface area contributed by atoms with Crippen LogP contribution in [0.25, 0.3) is 21.6 Å². The maximum absolute atomic E-state index is 12.2. The van der Waals surface area contributed by atoms with E-state index in [4.69, 9.17) is 20.2 Å². The number of fused-ring (bicyclic) bond motifs is 1. The van der Waals surface area contributed by atoms with Crippen LogP contribution >= 0.6 is 0 Å². The summed E-state index contributed by atoms with van der Waals surface area (Å²) < 4.78 is 37.4. The van der Waals surface area contributed by atoms with E-state index in [2.05, 4.69) is 25.0 Å². The topological polar surface area (TPSA) is 261 Å². The molecule has 4 rings (SSSR count). The second-order valence-corrected chi connectivity index (χ2v) is 8.48. The minimum absolute atomic E-state index is 0.0141. The van der Waals surface area contributed by atoms with Crippen molar-refractivity contribution in [2.45, 2.75) is 24.5 Å². The van der Waals surface area contributed by atoms with Gasteiger partial charge in [-0.1, -0.05) is 12.1 Å². The SMILES string of the molecule is [N-]=[N+]=Nc1nc2c(N)ncnc2n1[C@@H]1O[C@H](COS(=O)(=O)NC(=O)c2ccccc2O)[C@@H](O)[C@H]1O. The van der Waals surface area contributed by atoms with E-state index >= 15 is 0 Å². The van der Waals surface area contributed by atoms with Crippen LogP contribution < -0.4 is 10.5 Å². The summed E-state index contributed by atoms with van der Waals surface area (Å²) in [6.07, 6.45) is -5.09. The number of aromatic nitrogens is 4. The number of anilines is 1. The molecule has 1 saturated heterocycles. The normalized spacial score (nSPS) is 22.1. The van der Waals surface area contributed by atoms with Gasteiger partial charge in [-0.25, -0.2) is 19.7 Å². The monoisotopic (exact) mass is 507 g/mol. The van der Waals surface area contributed by atoms with E-state index in [9.17, 15) is 28.5 Å². The van der Waals surface area contributed by atoms with E-state index in [1.807, 2.05) is 0 Å². The molecule has 1 amide bonds. The summed E-state index contributed by atoms with van der Waals surface area (Å²) in [7, 11) is -4.71. The molecule has 1 aromatic carbocycles. The largest absolute Gasteiger partial charge is 0.507 e. The van der Waals surface area contributed by atoms with Crippen LogP contribution in [0.2, 0.25) is 0 Å². The predicted octanol–water partition coefficient (Wildman–Crippen LogP) is -0.634. The number of imidazole rings is 1. The second kappa shape index (κ2) is 9.29. The molecule has 0 bridgehead atoms. The number of phenols is 1. The van der Waals surface area contributed by atoms with Gasteiger partial charge in [0.25, 0.3) is 5.91 Å². The number of carbonyl (C=O) groups excluding carboxylic acids is 1. The van der Waals surface area contributed by atoms with Crippen molar-refractivity contribution in [3.8, 4) is 5.75 Å². The molecular weight excluding hydrogens is 490 g/mol. The first kappa shape index (κ1) is 24.1. The van der Waals surface area contributed by atoms with Gasteiger partial charge in [0, 0.05) is 4.91 Å². The second-order valence-electron chi connectivity index (χ2n) is 7.14. The molecule has 17 nitrogen and oxygen atoms in total. The Bertz CT molecular complexity index is 1440. The fraction of sp³-hybridized carbons (Fsp3) is 0.294. The molecule has 1 fully saturated rings. The summed E-state index contributed by atoms with van der Waals surface area (Å²) >= 11 is 0. The molecule has 0 radical (unpaired) electrons. The molecule has 6 N–H and O–H groups in total. The average molecular weight is 507 g/mol. The van der Waals surface area contributed by atoms with Crippen LogP contribution in [0.5, 0.6) is 5.75 Å². The Labute approximate surface area is 195 Å². The molecule has 0 unspecified atom stereocenters. The number of aliphatic hydroxyl groups excluding tert-OH is 2. The minimum Gasteiger partial charge on any atom is -0.507 e. The maximum atomic E-state index is 12.2. The average Bonchev–Trinajstić information content (AvgIpc) is 3.30. The van der Waals surface area contributed by atoms with Crippen LogP contribution in [0.15, 0.2) is 35.7 Å². The fourth-order valence-corrected chi connectivity index (χ4v) is 4.07. The number of amides is 1. The van der Waals surface area contributed by atoms with Crippen molar-refractivity contribution in [2.24, 2.45) is 5.11 Å². The van der Waals surface area contributed by atoms with E-state index in [1.165, 1.54) is 24.3 Å². The highest BCUT2D eigenvalue weighted by Gasteiger charge is 2.46. The van der Waals surface area contributed by atoms with Crippen LogP contribution in [0.1, 0.15) is 16.6 Å². The number of azide groups is 1. The minimum atomic E-state index is -4.71. The fourth-order valence-electron chi connectivity index (χ4n) is 3.36. The van der Waals surface area contributed by atoms with E-state index in [1.54, 1.807) is 4.72 Å². The molecule has 4 atom stereocenters. The van der Waals surface area contributed by atoms with Gasteiger partial charge in [-0.15, -0.1) is 0 Å². The van der Waals surface area contributed by atoms with Crippen LogP contribution in [0, 0.1) is 0 Å². The highest BCUT2D eigenvalue weighted by atomic mass is 32.2. The lowest BCUT2D eigenvalue weighted by molar-refractivity contribution is -0.0459. The molecule has 3 heterocycles. The summed E-state index contributed by atoms with van der Waals surface area (Å²) in [5, 5.41) is 34.0. The highest BCUT2D eigenvalue weighted by Crippen LogP contribution is 2.36. The standard InChI is InChI=1S/C17H17N9O8S/c18-13-10-14(21-6-20-13)26(17(22-10)23-25-19)16-12(29)11(28)9(34-16)5-33-35(31,32)24-15(30)7-3-1-2-4-8(7)27/h1-4,6,9,11-12,16,27-29H,5H2,(H,24,30)(H2,18,20,21)/t9-,11-,12-,16-/m1/s1. The van der Waals surface area contributed by atoms with Gasteiger partial charge in [-0.05, 0) is 22.8 Å². The maximum Gasteiger partial charge on any atom is 0.362 e. The lowest BCUT2D eigenvalue weighted by Crippen LogP contribution is -2.37. The zero-order valence-corrected chi connectivity index (χ0v) is 18.2. The van der Waals surface area contributed by atoms with Crippen molar-refractivity contribution in [3.63, 3.8) is 0 Å². The first-order valence-corrected chi connectivity index (χ1v) is 11.1. The molecule has 35 heavy (non-hydrogen) atoms. The third-order valence-corrected chi connectivity index (χ3v) is 5.85. The van der Waals surface area contributed by atoms with Gasteiger partial charge >= 0.3 is 10.3 Å². The lowest BCUT2D eigenvalue weighted by Gasteiger charge is -2.18. The van der Waals surface area contributed by atoms with Gasteiger partial charge in [0.1, 0.15) is 30.4 Å². The Morgan fingerprint density at radius 2 is 2.06 bits per heavy atom. The van der Waals surface area contributed by atoms with Gasteiger partial charge in [-0.3, -0.25) is 13.5 Å². The van der Waals surface area contributed by atoms with E-state index in [0.717, 1.165) is 10.9 Å². The van der Waals surface area contributed by atoms with Gasteiger partial charge in [-0.2, -0.15) is 8.42 Å². The smallest absolute Gasteiger partial charge is 0.362 e. The third kappa shape index (κ3) is 4.64. The zero-order chi connectivity index (χ0) is 25.3. The summed E-state index contributed by atoms with van der Waals surface area (Å²) in [5.74, 6) is -1.97. The Morgan fingerprint density at radius 1 is 1.31 bits per heavy atom. The number of rotatable bonds is 7. The van der Waals surface area contributed by atoms with Gasteiger partial charge < -0.3 is 25.8 Å². The van der Waals surface area contributed by atoms with Gasteiger partial charge in [0.15, 0.2) is 23.2 Å². The summed E-state index contributed by atoms with van der Waals surface area (Å²) in [4.78, 5) is 26.5. The van der Waals surface area contributed by atoms with Crippen LogP contribution in [0.3, 0.4) is 0 Å². The number of ether oxygens (including phenoxy) is 1. The third-order valence-electron chi connectivity index (χ3n) is 4.97. The van der Waals surface area contributed by atoms with Crippen molar-refractivity contribution in [3.05, 3.63) is 46.6 Å². The number of aromatic hydroxyl groups is 1. The molecule has 184 valence electrons. The molecule has 0 aliphatic carbocycles. The first-order chi connectivity index (χ1) is 16.6. The summed E-state index contributed by atoms with van der Waals surface area (Å²) in [6.45, 7) is -0.821. The first-order valence-electron chi connectivity index (χ1n) is 9.67. The zero-order valence-electron chi connectivity index (χ0n) is 17.4. The number of nitrogen functional groups attached to an aromatic ring is 1. The van der Waals surface area contributed by atoms with Crippen molar-refractivity contribution in [2.75, 3.05) is 12.3 Å². The number of nitrogens with one attached hydrogen (secondary N) is 1. The van der Waals surface area contributed by atoms with Crippen LogP contribution in [-0.2, 0) is 19.2 Å². The van der Waals surface area contributed by atoms with E-state index < -0.39 is 53.1 Å².